The smallest absolute Gasteiger partial charge is 0.301 e. The van der Waals surface area contributed by atoms with Crippen molar-refractivity contribution in [1.82, 2.24) is 10.3 Å². The largest absolute Gasteiger partial charge is 0.486 e. The van der Waals surface area contributed by atoms with Crippen molar-refractivity contribution in [2.45, 2.75) is 19.4 Å². The van der Waals surface area contributed by atoms with Gasteiger partial charge in [-0.3, -0.25) is 10.2 Å². The average molecular weight is 382 g/mol. The molecule has 2 N–H and O–H groups in total. The molecule has 0 saturated heterocycles. The Bertz CT molecular complexity index is 789. The van der Waals surface area contributed by atoms with Gasteiger partial charge in [0.15, 0.2) is 5.76 Å². The molecule has 0 bridgehead atoms. The van der Waals surface area contributed by atoms with Crippen LogP contribution in [0.1, 0.15) is 29.2 Å². The second kappa shape index (κ2) is 9.95. The highest BCUT2D eigenvalue weighted by Gasteiger charge is 2.15. The van der Waals surface area contributed by atoms with Crippen LogP contribution in [-0.4, -0.2) is 33.8 Å². The van der Waals surface area contributed by atoms with Crippen molar-refractivity contribution in [3.8, 4) is 5.75 Å². The number of para-hydroxylation sites is 1. The Morgan fingerprint density at radius 3 is 2.62 bits per heavy atom. The van der Waals surface area contributed by atoms with Gasteiger partial charge in [-0.05, 0) is 37.1 Å². The Labute approximate surface area is 152 Å². The predicted octanol–water partition coefficient (Wildman–Crippen LogP) is 1.85. The molecular formula is C17H22N2O6S. The number of unbranched alkanes of at least 4 members (excludes halogenated alkanes) is 1. The molecule has 0 radical (unpaired) electrons. The number of rotatable bonds is 11. The fraction of sp³-hybridized carbons (Fsp3) is 0.353. The lowest BCUT2D eigenvalue weighted by atomic mass is 10.3. The molecule has 0 aliphatic heterocycles. The lowest BCUT2D eigenvalue weighted by molar-refractivity contribution is 0.0913. The molecule has 0 fully saturated rings. The van der Waals surface area contributed by atoms with Crippen LogP contribution in [0.15, 0.2) is 46.9 Å². The minimum Gasteiger partial charge on any atom is -0.486 e. The Balaban J connectivity index is 1.78. The number of carbonyl (C=O) groups excluding carboxylic acids is 1. The molecule has 0 atom stereocenters. The third-order valence-corrected chi connectivity index (χ3v) is 4.58. The fourth-order valence-electron chi connectivity index (χ4n) is 2.02. The molecule has 0 saturated carbocycles. The normalized spacial score (nSPS) is 11.3. The van der Waals surface area contributed by atoms with Crippen LogP contribution in [0.2, 0.25) is 0 Å². The van der Waals surface area contributed by atoms with E-state index in [4.69, 9.17) is 13.9 Å². The Hall–Kier alpha value is -2.36. The maximum atomic E-state index is 12.0. The van der Waals surface area contributed by atoms with Crippen molar-refractivity contribution in [3.05, 3.63) is 54.0 Å². The number of amides is 1. The molecule has 1 aromatic heterocycles. The van der Waals surface area contributed by atoms with Crippen LogP contribution >= 0.6 is 0 Å². The zero-order chi connectivity index (χ0) is 18.8. The van der Waals surface area contributed by atoms with E-state index >= 15 is 0 Å². The molecule has 0 unspecified atom stereocenters. The molecule has 0 spiro atoms. The topological polar surface area (TPSA) is 107 Å². The third-order valence-electron chi connectivity index (χ3n) is 3.34. The highest BCUT2D eigenvalue weighted by atomic mass is 32.2. The summed E-state index contributed by atoms with van der Waals surface area (Å²) >= 11 is 0. The Kier molecular flexibility index (Phi) is 7.64. The van der Waals surface area contributed by atoms with Crippen molar-refractivity contribution in [1.29, 1.82) is 0 Å². The quantitative estimate of drug-likeness (QED) is 0.454. The third kappa shape index (κ3) is 6.87. The number of methoxy groups -OCH3 is 1. The molecule has 26 heavy (non-hydrogen) atoms. The first-order valence-corrected chi connectivity index (χ1v) is 9.71. The maximum absolute atomic E-state index is 12.0. The summed E-state index contributed by atoms with van der Waals surface area (Å²) < 4.78 is 39.3. The monoisotopic (exact) mass is 382 g/mol. The molecule has 1 aromatic carbocycles. The van der Waals surface area contributed by atoms with Gasteiger partial charge in [-0.15, -0.1) is 4.83 Å². The molecule has 1 amide bonds. The van der Waals surface area contributed by atoms with Crippen molar-refractivity contribution in [2.24, 2.45) is 0 Å². The van der Waals surface area contributed by atoms with Crippen molar-refractivity contribution >= 4 is 15.9 Å². The maximum Gasteiger partial charge on any atom is 0.301 e. The number of benzene rings is 1. The van der Waals surface area contributed by atoms with Gasteiger partial charge in [0.25, 0.3) is 0 Å². The second-order valence-electron chi connectivity index (χ2n) is 5.44. The van der Waals surface area contributed by atoms with Gasteiger partial charge < -0.3 is 13.9 Å². The summed E-state index contributed by atoms with van der Waals surface area (Å²) in [4.78, 5) is 14.0. The van der Waals surface area contributed by atoms with E-state index in [0.717, 1.165) is 0 Å². The van der Waals surface area contributed by atoms with Gasteiger partial charge in [0.1, 0.15) is 18.1 Å². The number of ether oxygens (including phenoxy) is 2. The van der Waals surface area contributed by atoms with Crippen LogP contribution in [0.4, 0.5) is 0 Å². The van der Waals surface area contributed by atoms with E-state index in [1.54, 1.807) is 25.3 Å². The van der Waals surface area contributed by atoms with Gasteiger partial charge in [-0.1, -0.05) is 18.2 Å². The zero-order valence-electron chi connectivity index (χ0n) is 14.4. The standard InChI is InChI=1S/C17H22N2O6S/c1-23-11-5-6-12-26(21,22)19-18-17(20)16-10-9-15(25-16)13-24-14-7-3-2-4-8-14/h2-4,7-10,19H,5-6,11-13H2,1H3,(H,18,20). The summed E-state index contributed by atoms with van der Waals surface area (Å²) in [5, 5.41) is 0. The minimum absolute atomic E-state index is 0.0151. The Morgan fingerprint density at radius 2 is 1.88 bits per heavy atom. The Morgan fingerprint density at radius 1 is 1.12 bits per heavy atom. The van der Waals surface area contributed by atoms with Gasteiger partial charge in [0.2, 0.25) is 10.0 Å². The molecule has 2 rings (SSSR count). The van der Waals surface area contributed by atoms with Crippen molar-refractivity contribution in [2.75, 3.05) is 19.5 Å². The van der Waals surface area contributed by atoms with E-state index in [1.807, 2.05) is 23.0 Å². The van der Waals surface area contributed by atoms with Crippen LogP contribution < -0.4 is 15.0 Å². The van der Waals surface area contributed by atoms with Crippen molar-refractivity contribution in [3.63, 3.8) is 0 Å². The van der Waals surface area contributed by atoms with Crippen LogP contribution in [-0.2, 0) is 21.4 Å². The van der Waals surface area contributed by atoms with Gasteiger partial charge in [0.05, 0.1) is 5.75 Å². The number of hydrazine groups is 1. The van der Waals surface area contributed by atoms with Crippen LogP contribution in [0.3, 0.4) is 0 Å². The van der Waals surface area contributed by atoms with Gasteiger partial charge >= 0.3 is 5.91 Å². The summed E-state index contributed by atoms with van der Waals surface area (Å²) in [5.74, 6) is 0.318. The summed E-state index contributed by atoms with van der Waals surface area (Å²) in [7, 11) is -2.06. The molecule has 1 heterocycles. The first-order chi connectivity index (χ1) is 12.5. The molecular weight excluding hydrogens is 360 g/mol. The summed E-state index contributed by atoms with van der Waals surface area (Å²) in [5.41, 5.74) is 2.12. The highest BCUT2D eigenvalue weighted by Crippen LogP contribution is 2.13. The first kappa shape index (κ1) is 20.0. The van der Waals surface area contributed by atoms with Gasteiger partial charge in [0, 0.05) is 13.7 Å². The van der Waals surface area contributed by atoms with Gasteiger partial charge in [-0.25, -0.2) is 8.42 Å². The van der Waals surface area contributed by atoms with E-state index in [-0.39, 0.29) is 18.1 Å². The van der Waals surface area contributed by atoms with E-state index in [9.17, 15) is 13.2 Å². The molecule has 0 aliphatic rings. The van der Waals surface area contributed by atoms with E-state index in [0.29, 0.717) is 31.0 Å². The van der Waals surface area contributed by atoms with Crippen LogP contribution in [0.25, 0.3) is 0 Å². The minimum atomic E-state index is -3.61. The molecule has 8 nitrogen and oxygen atoms in total. The molecule has 2 aromatic rings. The SMILES string of the molecule is COCCCCS(=O)(=O)NNC(=O)c1ccc(COc2ccccc2)o1. The van der Waals surface area contributed by atoms with E-state index in [2.05, 4.69) is 5.43 Å². The highest BCUT2D eigenvalue weighted by molar-refractivity contribution is 7.89. The lowest BCUT2D eigenvalue weighted by Crippen LogP contribution is -2.42. The molecule has 142 valence electrons. The zero-order valence-corrected chi connectivity index (χ0v) is 15.3. The fourth-order valence-corrected chi connectivity index (χ4v) is 2.96. The van der Waals surface area contributed by atoms with Crippen LogP contribution in [0.5, 0.6) is 5.75 Å². The van der Waals surface area contributed by atoms with Crippen molar-refractivity contribution < 1.29 is 27.1 Å². The van der Waals surface area contributed by atoms with E-state index in [1.165, 1.54) is 6.07 Å². The first-order valence-electron chi connectivity index (χ1n) is 8.05. The van der Waals surface area contributed by atoms with Gasteiger partial charge in [-0.2, -0.15) is 0 Å². The molecule has 0 aliphatic carbocycles. The molecule has 9 heteroatoms. The number of nitrogens with one attached hydrogen (secondary N) is 2. The average Bonchev–Trinajstić information content (AvgIpc) is 3.12. The number of carbonyl (C=O) groups is 1. The number of furan rings is 1. The number of hydrogen-bond acceptors (Lipinski definition) is 6. The lowest BCUT2D eigenvalue weighted by Gasteiger charge is -2.07. The summed E-state index contributed by atoms with van der Waals surface area (Å²) in [6.45, 7) is 0.643. The number of sulfonamides is 1. The van der Waals surface area contributed by atoms with E-state index < -0.39 is 15.9 Å². The van der Waals surface area contributed by atoms with Crippen LogP contribution in [0, 0.1) is 0 Å². The number of hydrogen-bond donors (Lipinski definition) is 2. The summed E-state index contributed by atoms with van der Waals surface area (Å²) in [6, 6.07) is 12.2. The second-order valence-corrected chi connectivity index (χ2v) is 7.28. The summed E-state index contributed by atoms with van der Waals surface area (Å²) in [6.07, 6.45) is 1.05. The predicted molar refractivity (Wildman–Crippen MR) is 95.0 cm³/mol.